The Labute approximate surface area is 157 Å². The highest BCUT2D eigenvalue weighted by Crippen LogP contribution is 2.62. The van der Waals surface area contributed by atoms with Crippen LogP contribution in [0.1, 0.15) is 18.7 Å². The molecule has 4 heterocycles. The van der Waals surface area contributed by atoms with E-state index in [1.54, 1.807) is 6.07 Å². The van der Waals surface area contributed by atoms with Gasteiger partial charge in [-0.2, -0.15) is 10.1 Å². The van der Waals surface area contributed by atoms with Crippen molar-refractivity contribution >= 4 is 17.4 Å². The molecule has 3 fully saturated rings. The molecule has 0 spiro atoms. The molecular weight excluding hydrogens is 380 g/mol. The summed E-state index contributed by atoms with van der Waals surface area (Å²) in [6.07, 6.45) is 2.52. The Morgan fingerprint density at radius 3 is 2.85 bits per heavy atom. The first-order chi connectivity index (χ1) is 13.0. The maximum absolute atomic E-state index is 13.7. The summed E-state index contributed by atoms with van der Waals surface area (Å²) in [5, 5.41) is 8.14. The Hall–Kier alpha value is -2.52. The van der Waals surface area contributed by atoms with E-state index in [1.165, 1.54) is 23.0 Å². The van der Waals surface area contributed by atoms with Crippen LogP contribution in [0, 0.1) is 11.2 Å². The lowest BCUT2D eigenvalue weighted by Crippen LogP contribution is -2.43. The van der Waals surface area contributed by atoms with Crippen LogP contribution in [0.5, 0.6) is 0 Å². The second-order valence-corrected chi connectivity index (χ2v) is 7.55. The van der Waals surface area contributed by atoms with Gasteiger partial charge in [0, 0.05) is 11.5 Å². The molecule has 2 N–H and O–H groups in total. The molecule has 1 saturated carbocycles. The van der Waals surface area contributed by atoms with Gasteiger partial charge in [0.1, 0.15) is 17.2 Å². The number of ether oxygens (including phenoxy) is 1. The van der Waals surface area contributed by atoms with Gasteiger partial charge in [0.25, 0.3) is 5.89 Å². The predicted molar refractivity (Wildman–Crippen MR) is 91.5 cm³/mol. The Morgan fingerprint density at radius 2 is 2.15 bits per heavy atom. The van der Waals surface area contributed by atoms with Gasteiger partial charge in [0.15, 0.2) is 0 Å². The van der Waals surface area contributed by atoms with Crippen molar-refractivity contribution in [1.82, 2.24) is 19.9 Å². The minimum absolute atomic E-state index is 0.00758. The van der Waals surface area contributed by atoms with E-state index in [0.717, 1.165) is 0 Å². The van der Waals surface area contributed by atoms with Crippen molar-refractivity contribution < 1.29 is 18.0 Å². The summed E-state index contributed by atoms with van der Waals surface area (Å²) in [6.45, 7) is -0.0729. The van der Waals surface area contributed by atoms with Gasteiger partial charge in [-0.1, -0.05) is 16.8 Å². The van der Waals surface area contributed by atoms with Crippen LogP contribution in [0.25, 0.3) is 17.1 Å². The molecule has 0 amide bonds. The van der Waals surface area contributed by atoms with Gasteiger partial charge >= 0.3 is 0 Å². The third-order valence-electron chi connectivity index (χ3n) is 5.27. The molecule has 3 aromatic rings. The van der Waals surface area contributed by atoms with Crippen LogP contribution in [0.4, 0.5) is 14.6 Å². The van der Waals surface area contributed by atoms with E-state index in [0.29, 0.717) is 36.6 Å². The van der Waals surface area contributed by atoms with E-state index in [-0.39, 0.29) is 16.7 Å². The number of alkyl halides is 1. The van der Waals surface area contributed by atoms with E-state index in [1.807, 2.05) is 0 Å². The van der Waals surface area contributed by atoms with Crippen molar-refractivity contribution in [3.63, 3.8) is 0 Å². The van der Waals surface area contributed by atoms with Crippen LogP contribution >= 0.6 is 11.6 Å². The Morgan fingerprint density at radius 1 is 1.33 bits per heavy atom. The van der Waals surface area contributed by atoms with Crippen LogP contribution in [0.2, 0.25) is 5.02 Å². The van der Waals surface area contributed by atoms with E-state index < -0.39 is 23.5 Å². The Kier molecular flexibility index (Phi) is 3.38. The summed E-state index contributed by atoms with van der Waals surface area (Å²) in [4.78, 5) is 4.38. The summed E-state index contributed by atoms with van der Waals surface area (Å²) >= 11 is 5.71. The number of aromatic nitrogens is 4. The summed E-state index contributed by atoms with van der Waals surface area (Å²) in [6, 6.07) is 4.24. The van der Waals surface area contributed by atoms with Crippen molar-refractivity contribution in [3.05, 3.63) is 41.1 Å². The van der Waals surface area contributed by atoms with Gasteiger partial charge in [0.2, 0.25) is 5.82 Å². The standard InChI is InChI=1S/C17H14ClF2N5O2/c18-11-2-1-9(3-12(11)20)25-13(21)10(4-22-25)14-23-15(27-24-14)17-5-16(6-17,7-19)8-26-17/h1-4H,5-8,21H2. The summed E-state index contributed by atoms with van der Waals surface area (Å²) in [5.74, 6) is 0.196. The number of nitrogens with zero attached hydrogens (tertiary/aromatic N) is 4. The molecule has 0 atom stereocenters. The van der Waals surface area contributed by atoms with Gasteiger partial charge in [-0.15, -0.1) is 0 Å². The molecule has 0 radical (unpaired) electrons. The summed E-state index contributed by atoms with van der Waals surface area (Å²) in [5.41, 5.74) is 5.87. The number of fused-ring (bicyclic) bond motifs is 1. The van der Waals surface area contributed by atoms with E-state index >= 15 is 0 Å². The minimum atomic E-state index is -0.707. The van der Waals surface area contributed by atoms with Crippen molar-refractivity contribution in [3.8, 4) is 17.1 Å². The van der Waals surface area contributed by atoms with Crippen LogP contribution < -0.4 is 5.73 Å². The van der Waals surface area contributed by atoms with Crippen molar-refractivity contribution in [2.24, 2.45) is 5.41 Å². The van der Waals surface area contributed by atoms with Crippen LogP contribution in [-0.4, -0.2) is 33.2 Å². The molecule has 2 aliphatic heterocycles. The average Bonchev–Trinajstić information content (AvgIpc) is 3.38. The number of rotatable bonds is 4. The molecule has 27 heavy (non-hydrogen) atoms. The zero-order chi connectivity index (χ0) is 18.8. The molecule has 0 unspecified atom stereocenters. The van der Waals surface area contributed by atoms with Gasteiger partial charge in [-0.05, 0) is 25.0 Å². The quantitative estimate of drug-likeness (QED) is 0.731. The smallest absolute Gasteiger partial charge is 0.259 e. The van der Waals surface area contributed by atoms with E-state index in [2.05, 4.69) is 15.2 Å². The van der Waals surface area contributed by atoms with Crippen LogP contribution in [0.3, 0.4) is 0 Å². The fourth-order valence-corrected chi connectivity index (χ4v) is 3.99. The molecule has 7 nitrogen and oxygen atoms in total. The number of nitrogen functional groups attached to an aromatic ring is 1. The second kappa shape index (κ2) is 5.49. The fourth-order valence-electron chi connectivity index (χ4n) is 3.87. The van der Waals surface area contributed by atoms with E-state index in [9.17, 15) is 8.78 Å². The molecule has 2 aromatic heterocycles. The maximum Gasteiger partial charge on any atom is 0.259 e. The number of benzene rings is 1. The van der Waals surface area contributed by atoms with Crippen LogP contribution in [-0.2, 0) is 10.3 Å². The number of anilines is 1. The number of halogens is 3. The third kappa shape index (κ3) is 2.31. The second-order valence-electron chi connectivity index (χ2n) is 7.15. The maximum atomic E-state index is 13.7. The summed E-state index contributed by atoms with van der Waals surface area (Å²) < 4.78 is 39.3. The van der Waals surface area contributed by atoms with Gasteiger partial charge < -0.3 is 15.0 Å². The number of hydrogen-bond donors (Lipinski definition) is 1. The summed E-state index contributed by atoms with van der Waals surface area (Å²) in [7, 11) is 0. The molecule has 10 heteroatoms. The fraction of sp³-hybridized carbons (Fsp3) is 0.353. The molecule has 140 valence electrons. The average molecular weight is 394 g/mol. The molecule has 1 aliphatic carbocycles. The lowest BCUT2D eigenvalue weighted by molar-refractivity contribution is -0.0509. The highest BCUT2D eigenvalue weighted by atomic mass is 35.5. The largest absolute Gasteiger partial charge is 0.383 e. The first-order valence-corrected chi connectivity index (χ1v) is 8.67. The first kappa shape index (κ1) is 16.6. The van der Waals surface area contributed by atoms with Gasteiger partial charge in [-0.25, -0.2) is 9.07 Å². The predicted octanol–water partition coefficient (Wildman–Crippen LogP) is 3.27. The SMILES string of the molecule is Nc1c(-c2noc(C34CC(CF)(CO3)C4)n2)cnn1-c1ccc(Cl)c(F)c1. The highest BCUT2D eigenvalue weighted by Gasteiger charge is 2.66. The molecule has 2 bridgehead atoms. The van der Waals surface area contributed by atoms with Crippen LogP contribution in [0.15, 0.2) is 28.9 Å². The van der Waals surface area contributed by atoms with Crippen molar-refractivity contribution in [1.29, 1.82) is 0 Å². The number of hydrogen-bond acceptors (Lipinski definition) is 6. The normalized spacial score (nSPS) is 26.3. The highest BCUT2D eigenvalue weighted by molar-refractivity contribution is 6.30. The van der Waals surface area contributed by atoms with E-state index in [4.69, 9.17) is 26.6 Å². The molecule has 6 rings (SSSR count). The third-order valence-corrected chi connectivity index (χ3v) is 5.58. The van der Waals surface area contributed by atoms with Gasteiger partial charge in [-0.3, -0.25) is 4.39 Å². The molecule has 1 aromatic carbocycles. The van der Waals surface area contributed by atoms with Crippen molar-refractivity contribution in [2.75, 3.05) is 19.0 Å². The zero-order valence-corrected chi connectivity index (χ0v) is 14.7. The van der Waals surface area contributed by atoms with Gasteiger partial charge in [0.05, 0.1) is 35.8 Å². The minimum Gasteiger partial charge on any atom is -0.383 e. The Bertz CT molecular complexity index is 1040. The molecule has 2 saturated heterocycles. The van der Waals surface area contributed by atoms with Crippen molar-refractivity contribution in [2.45, 2.75) is 18.4 Å². The first-order valence-electron chi connectivity index (χ1n) is 8.29. The molecular formula is C17H14ClF2N5O2. The zero-order valence-electron chi connectivity index (χ0n) is 14.0. The topological polar surface area (TPSA) is 92.0 Å². The monoisotopic (exact) mass is 393 g/mol. The Balaban J connectivity index is 1.46. The number of nitrogens with two attached hydrogens (primary N) is 1. The lowest BCUT2D eigenvalue weighted by atomic mass is 9.63. The molecule has 3 aliphatic rings. The lowest BCUT2D eigenvalue weighted by Gasteiger charge is -2.40.